The van der Waals surface area contributed by atoms with E-state index in [0.717, 1.165) is 37.0 Å². The largest absolute Gasteiger partial charge is 0.469 e. The summed E-state index contributed by atoms with van der Waals surface area (Å²) in [6.07, 6.45) is 14.8. The third kappa shape index (κ3) is 1.79. The molecule has 0 aromatic rings. The highest BCUT2D eigenvalue weighted by Gasteiger charge is 2.62. The molecule has 0 heterocycles. The molecule has 2 heteroatoms. The molecule has 112 valence electrons. The van der Waals surface area contributed by atoms with E-state index in [4.69, 9.17) is 4.74 Å². The molecule has 5 aliphatic rings. The van der Waals surface area contributed by atoms with Crippen LogP contribution in [0.25, 0.3) is 0 Å². The maximum absolute atomic E-state index is 12.5. The third-order valence-electron chi connectivity index (χ3n) is 7.20. The van der Waals surface area contributed by atoms with Crippen LogP contribution in [0.4, 0.5) is 0 Å². The third-order valence-corrected chi connectivity index (χ3v) is 7.20. The van der Waals surface area contributed by atoms with Gasteiger partial charge in [0.25, 0.3) is 0 Å². The summed E-state index contributed by atoms with van der Waals surface area (Å²) in [5.74, 6) is 2.66. The highest BCUT2D eigenvalue weighted by atomic mass is 16.5. The topological polar surface area (TPSA) is 26.3 Å². The van der Waals surface area contributed by atoms with E-state index in [0.29, 0.717) is 5.41 Å². The quantitative estimate of drug-likeness (QED) is 0.702. The molecule has 0 saturated heterocycles. The lowest BCUT2D eigenvalue weighted by molar-refractivity contribution is -0.186. The molecule has 20 heavy (non-hydrogen) atoms. The minimum atomic E-state index is -0.0870. The average molecular weight is 276 g/mol. The van der Waals surface area contributed by atoms with Gasteiger partial charge in [-0.3, -0.25) is 4.79 Å². The molecule has 0 aromatic carbocycles. The Morgan fingerprint density at radius 2 is 1.65 bits per heavy atom. The number of hydrogen-bond donors (Lipinski definition) is 0. The van der Waals surface area contributed by atoms with E-state index in [-0.39, 0.29) is 11.4 Å². The normalized spacial score (nSPS) is 47.5. The van der Waals surface area contributed by atoms with Crippen LogP contribution < -0.4 is 0 Å². The molecule has 4 atom stereocenters. The molecule has 5 aliphatic carbocycles. The highest BCUT2D eigenvalue weighted by molar-refractivity contribution is 5.77. The number of methoxy groups -OCH3 is 1. The number of rotatable bonds is 2. The number of ether oxygens (including phenoxy) is 1. The van der Waals surface area contributed by atoms with Crippen LogP contribution >= 0.6 is 0 Å². The van der Waals surface area contributed by atoms with Gasteiger partial charge in [-0.25, -0.2) is 0 Å². The number of carbonyl (C=O) groups is 1. The Morgan fingerprint density at radius 1 is 1.00 bits per heavy atom. The lowest BCUT2D eigenvalue weighted by Gasteiger charge is -2.63. The molecule has 5 fully saturated rings. The minimum Gasteiger partial charge on any atom is -0.469 e. The van der Waals surface area contributed by atoms with Gasteiger partial charge in [-0.1, -0.05) is 19.3 Å². The van der Waals surface area contributed by atoms with Crippen molar-refractivity contribution in [1.29, 1.82) is 0 Å². The van der Waals surface area contributed by atoms with E-state index in [1.807, 2.05) is 0 Å². The predicted octanol–water partition coefficient (Wildman–Crippen LogP) is 4.33. The van der Waals surface area contributed by atoms with Crippen LogP contribution in [0.1, 0.15) is 70.6 Å². The maximum Gasteiger partial charge on any atom is 0.311 e. The minimum absolute atomic E-state index is 0.0870. The molecule has 0 aliphatic heterocycles. The first-order valence-corrected chi connectivity index (χ1v) is 8.74. The van der Waals surface area contributed by atoms with E-state index in [1.54, 1.807) is 7.11 Å². The van der Waals surface area contributed by atoms with Gasteiger partial charge in [-0.15, -0.1) is 0 Å². The summed E-state index contributed by atoms with van der Waals surface area (Å²) in [7, 11) is 1.59. The first-order chi connectivity index (χ1) is 9.66. The van der Waals surface area contributed by atoms with Crippen molar-refractivity contribution < 1.29 is 9.53 Å². The van der Waals surface area contributed by atoms with Gasteiger partial charge in [0.15, 0.2) is 0 Å². The smallest absolute Gasteiger partial charge is 0.311 e. The summed E-state index contributed by atoms with van der Waals surface area (Å²) in [6.45, 7) is 0. The zero-order valence-corrected chi connectivity index (χ0v) is 12.8. The van der Waals surface area contributed by atoms with Crippen LogP contribution in [-0.2, 0) is 9.53 Å². The molecule has 4 bridgehead atoms. The fourth-order valence-electron chi connectivity index (χ4n) is 6.98. The Morgan fingerprint density at radius 3 is 2.25 bits per heavy atom. The van der Waals surface area contributed by atoms with Crippen molar-refractivity contribution in [3.63, 3.8) is 0 Å². The molecule has 2 unspecified atom stereocenters. The van der Waals surface area contributed by atoms with Crippen molar-refractivity contribution >= 4 is 5.97 Å². The molecule has 0 aromatic heterocycles. The van der Waals surface area contributed by atoms with Crippen molar-refractivity contribution in [3.8, 4) is 0 Å². The molecular weight excluding hydrogens is 248 g/mol. The summed E-state index contributed by atoms with van der Waals surface area (Å²) in [5.41, 5.74) is 0.426. The van der Waals surface area contributed by atoms with Gasteiger partial charge < -0.3 is 4.74 Å². The average Bonchev–Trinajstić information content (AvgIpc) is 2.46. The first-order valence-electron chi connectivity index (χ1n) is 8.74. The SMILES string of the molecule is COC(=O)C12C[C@H]3C[C@@H](C1)CC(C1CCCCC1)(C3)C2. The van der Waals surface area contributed by atoms with Crippen LogP contribution in [-0.4, -0.2) is 13.1 Å². The van der Waals surface area contributed by atoms with E-state index in [2.05, 4.69) is 0 Å². The van der Waals surface area contributed by atoms with E-state index in [9.17, 15) is 4.79 Å². The van der Waals surface area contributed by atoms with Crippen LogP contribution in [0, 0.1) is 28.6 Å². The summed E-state index contributed by atoms with van der Waals surface area (Å²) < 4.78 is 5.23. The van der Waals surface area contributed by atoms with Crippen LogP contribution in [0.5, 0.6) is 0 Å². The highest BCUT2D eigenvalue weighted by Crippen LogP contribution is 2.69. The Labute approximate surface area is 122 Å². The molecular formula is C18H28O2. The van der Waals surface area contributed by atoms with Gasteiger partial charge in [0, 0.05) is 0 Å². The van der Waals surface area contributed by atoms with Crippen LogP contribution in [0.2, 0.25) is 0 Å². The molecule has 0 radical (unpaired) electrons. The first kappa shape index (κ1) is 13.2. The fraction of sp³-hybridized carbons (Fsp3) is 0.944. The predicted molar refractivity (Wildman–Crippen MR) is 78.1 cm³/mol. The van der Waals surface area contributed by atoms with Gasteiger partial charge in [0.05, 0.1) is 12.5 Å². The summed E-state index contributed by atoms with van der Waals surface area (Å²) >= 11 is 0. The van der Waals surface area contributed by atoms with Gasteiger partial charge >= 0.3 is 5.97 Å². The molecule has 0 amide bonds. The molecule has 0 spiro atoms. The van der Waals surface area contributed by atoms with Gasteiger partial charge in [0.1, 0.15) is 0 Å². The second-order valence-electron chi connectivity index (χ2n) is 8.43. The second-order valence-corrected chi connectivity index (χ2v) is 8.43. The van der Waals surface area contributed by atoms with Crippen molar-refractivity contribution in [2.75, 3.05) is 7.11 Å². The Bertz CT molecular complexity index is 394. The Kier molecular flexibility index (Phi) is 2.95. The van der Waals surface area contributed by atoms with Crippen molar-refractivity contribution in [3.05, 3.63) is 0 Å². The zero-order valence-electron chi connectivity index (χ0n) is 12.8. The fourth-order valence-corrected chi connectivity index (χ4v) is 6.98. The number of esters is 1. The van der Waals surface area contributed by atoms with Crippen molar-refractivity contribution in [1.82, 2.24) is 0 Å². The van der Waals surface area contributed by atoms with Gasteiger partial charge in [0.2, 0.25) is 0 Å². The number of hydrogen-bond acceptors (Lipinski definition) is 2. The van der Waals surface area contributed by atoms with Crippen molar-refractivity contribution in [2.24, 2.45) is 28.6 Å². The summed E-state index contributed by atoms with van der Waals surface area (Å²) in [4.78, 5) is 12.5. The summed E-state index contributed by atoms with van der Waals surface area (Å²) in [5, 5.41) is 0. The van der Waals surface area contributed by atoms with Gasteiger partial charge in [-0.2, -0.15) is 0 Å². The Balaban J connectivity index is 1.66. The zero-order chi connectivity index (χ0) is 13.8. The van der Waals surface area contributed by atoms with Crippen LogP contribution in [0.15, 0.2) is 0 Å². The molecule has 2 nitrogen and oxygen atoms in total. The van der Waals surface area contributed by atoms with Crippen molar-refractivity contribution in [2.45, 2.75) is 70.6 Å². The summed E-state index contributed by atoms with van der Waals surface area (Å²) in [6, 6.07) is 0. The standard InChI is InChI=1S/C18H28O2/c1-20-16(19)18-10-13-7-14(11-18)9-17(8-13,12-18)15-5-3-2-4-6-15/h13-15H,2-12H2,1H3/t13-,14+,17?,18?. The maximum atomic E-state index is 12.5. The molecule has 0 N–H and O–H groups in total. The lowest BCUT2D eigenvalue weighted by atomic mass is 9.41. The van der Waals surface area contributed by atoms with E-state index >= 15 is 0 Å². The lowest BCUT2D eigenvalue weighted by Crippen LogP contribution is -2.57. The van der Waals surface area contributed by atoms with Gasteiger partial charge in [-0.05, 0) is 74.5 Å². The molecule has 5 rings (SSSR count). The van der Waals surface area contributed by atoms with E-state index < -0.39 is 0 Å². The van der Waals surface area contributed by atoms with E-state index in [1.165, 1.54) is 51.4 Å². The Hall–Kier alpha value is -0.530. The van der Waals surface area contributed by atoms with Crippen LogP contribution in [0.3, 0.4) is 0 Å². The monoisotopic (exact) mass is 276 g/mol. The second kappa shape index (κ2) is 4.48. The number of carbonyl (C=O) groups excluding carboxylic acids is 1. The molecule has 5 saturated carbocycles.